The van der Waals surface area contributed by atoms with Crippen molar-refractivity contribution >= 4 is 11.6 Å². The second-order valence-electron chi connectivity index (χ2n) is 4.96. The van der Waals surface area contributed by atoms with E-state index in [1.165, 1.54) is 6.20 Å². The van der Waals surface area contributed by atoms with Crippen LogP contribution in [0.4, 0.5) is 0 Å². The Morgan fingerprint density at radius 3 is 2.05 bits per heavy atom. The minimum atomic E-state index is -0.208. The first-order chi connectivity index (χ1) is 10.7. The molecule has 1 heterocycles. The molecule has 0 aliphatic rings. The van der Waals surface area contributed by atoms with Gasteiger partial charge in [-0.2, -0.15) is 0 Å². The summed E-state index contributed by atoms with van der Waals surface area (Å²) >= 11 is 0. The summed E-state index contributed by atoms with van der Waals surface area (Å²) in [5.74, 6) is -0.369. The van der Waals surface area contributed by atoms with E-state index in [9.17, 15) is 9.59 Å². The molecule has 0 N–H and O–H groups in total. The SMILES string of the molecule is Cn1cncc1C(=O)c1ccccc1C(=O)c1ccccc1. The molecule has 108 valence electrons. The van der Waals surface area contributed by atoms with Crippen molar-refractivity contribution in [2.45, 2.75) is 0 Å². The summed E-state index contributed by atoms with van der Waals surface area (Å²) in [5, 5.41) is 0. The molecular weight excluding hydrogens is 276 g/mol. The summed E-state index contributed by atoms with van der Waals surface area (Å²) in [7, 11) is 1.75. The third kappa shape index (κ3) is 2.46. The van der Waals surface area contributed by atoms with Gasteiger partial charge in [0.25, 0.3) is 0 Å². The summed E-state index contributed by atoms with van der Waals surface area (Å²) in [6.07, 6.45) is 3.07. The minimum absolute atomic E-state index is 0.160. The van der Waals surface area contributed by atoms with Crippen molar-refractivity contribution in [1.82, 2.24) is 9.55 Å². The van der Waals surface area contributed by atoms with Gasteiger partial charge in [-0.15, -0.1) is 0 Å². The molecule has 0 amide bonds. The first-order valence-electron chi connectivity index (χ1n) is 6.88. The highest BCUT2D eigenvalue weighted by molar-refractivity contribution is 6.19. The zero-order valence-corrected chi connectivity index (χ0v) is 12.1. The van der Waals surface area contributed by atoms with Gasteiger partial charge < -0.3 is 4.57 Å². The smallest absolute Gasteiger partial charge is 0.211 e. The fourth-order valence-corrected chi connectivity index (χ4v) is 2.34. The molecule has 22 heavy (non-hydrogen) atoms. The number of imidazole rings is 1. The van der Waals surface area contributed by atoms with Gasteiger partial charge in [-0.3, -0.25) is 9.59 Å². The Kier molecular flexibility index (Phi) is 3.66. The molecule has 3 aromatic rings. The molecule has 0 fully saturated rings. The molecule has 2 aromatic carbocycles. The number of aromatic nitrogens is 2. The Morgan fingerprint density at radius 1 is 0.864 bits per heavy atom. The fourth-order valence-electron chi connectivity index (χ4n) is 2.34. The lowest BCUT2D eigenvalue weighted by atomic mass is 9.95. The van der Waals surface area contributed by atoms with E-state index in [2.05, 4.69) is 4.98 Å². The molecule has 0 saturated heterocycles. The molecule has 0 aliphatic carbocycles. The molecule has 3 rings (SSSR count). The average molecular weight is 290 g/mol. The van der Waals surface area contributed by atoms with Crippen LogP contribution in [0.1, 0.15) is 32.0 Å². The van der Waals surface area contributed by atoms with Crippen molar-refractivity contribution in [3.8, 4) is 0 Å². The van der Waals surface area contributed by atoms with Crippen LogP contribution in [0.5, 0.6) is 0 Å². The second-order valence-corrected chi connectivity index (χ2v) is 4.96. The van der Waals surface area contributed by atoms with Gasteiger partial charge in [0.15, 0.2) is 5.78 Å². The Hall–Kier alpha value is -3.01. The number of carbonyl (C=O) groups excluding carboxylic acids is 2. The van der Waals surface area contributed by atoms with Gasteiger partial charge in [0, 0.05) is 23.7 Å². The Labute approximate surface area is 128 Å². The lowest BCUT2D eigenvalue weighted by Crippen LogP contribution is -2.13. The van der Waals surface area contributed by atoms with Gasteiger partial charge in [-0.25, -0.2) is 4.98 Å². The maximum Gasteiger partial charge on any atom is 0.211 e. The van der Waals surface area contributed by atoms with Crippen molar-refractivity contribution < 1.29 is 9.59 Å². The minimum Gasteiger partial charge on any atom is -0.331 e. The largest absolute Gasteiger partial charge is 0.331 e. The summed E-state index contributed by atoms with van der Waals surface area (Å²) < 4.78 is 1.64. The molecule has 0 saturated carbocycles. The van der Waals surface area contributed by atoms with Crippen molar-refractivity contribution in [3.63, 3.8) is 0 Å². The van der Waals surface area contributed by atoms with E-state index in [0.717, 1.165) is 0 Å². The number of nitrogens with zero attached hydrogens (tertiary/aromatic N) is 2. The summed E-state index contributed by atoms with van der Waals surface area (Å²) in [6, 6.07) is 15.8. The van der Waals surface area contributed by atoms with Crippen LogP contribution in [0, 0.1) is 0 Å². The van der Waals surface area contributed by atoms with E-state index in [0.29, 0.717) is 22.4 Å². The van der Waals surface area contributed by atoms with Gasteiger partial charge >= 0.3 is 0 Å². The van der Waals surface area contributed by atoms with Crippen molar-refractivity contribution in [3.05, 3.63) is 89.5 Å². The highest BCUT2D eigenvalue weighted by atomic mass is 16.1. The maximum atomic E-state index is 12.7. The predicted octanol–water partition coefficient (Wildman–Crippen LogP) is 2.88. The molecule has 1 aromatic heterocycles. The van der Waals surface area contributed by atoms with Crippen LogP contribution < -0.4 is 0 Å². The van der Waals surface area contributed by atoms with E-state index in [1.54, 1.807) is 66.5 Å². The first kappa shape index (κ1) is 13.9. The monoisotopic (exact) mass is 290 g/mol. The van der Waals surface area contributed by atoms with E-state index >= 15 is 0 Å². The second kappa shape index (κ2) is 5.77. The summed E-state index contributed by atoms with van der Waals surface area (Å²) in [5.41, 5.74) is 1.81. The summed E-state index contributed by atoms with van der Waals surface area (Å²) in [6.45, 7) is 0. The van der Waals surface area contributed by atoms with Crippen LogP contribution in [0.25, 0.3) is 0 Å². The highest BCUT2D eigenvalue weighted by Gasteiger charge is 2.20. The number of rotatable bonds is 4. The zero-order valence-electron chi connectivity index (χ0n) is 12.1. The molecule has 0 spiro atoms. The molecule has 4 heteroatoms. The fraction of sp³-hybridized carbons (Fsp3) is 0.0556. The molecule has 0 radical (unpaired) electrons. The van der Waals surface area contributed by atoms with Crippen LogP contribution in [0.15, 0.2) is 67.1 Å². The van der Waals surface area contributed by atoms with Crippen molar-refractivity contribution in [2.24, 2.45) is 7.05 Å². The number of aryl methyl sites for hydroxylation is 1. The number of benzene rings is 2. The molecular formula is C18H14N2O2. The van der Waals surface area contributed by atoms with Gasteiger partial charge in [0.2, 0.25) is 5.78 Å². The van der Waals surface area contributed by atoms with E-state index in [1.807, 2.05) is 6.07 Å². The van der Waals surface area contributed by atoms with Gasteiger partial charge in [0.05, 0.1) is 12.5 Å². The van der Waals surface area contributed by atoms with Gasteiger partial charge in [-0.05, 0) is 0 Å². The Balaban J connectivity index is 2.06. The number of carbonyl (C=O) groups is 2. The third-order valence-corrected chi connectivity index (χ3v) is 3.50. The highest BCUT2D eigenvalue weighted by Crippen LogP contribution is 2.18. The van der Waals surface area contributed by atoms with Crippen LogP contribution in [-0.2, 0) is 7.05 Å². The van der Waals surface area contributed by atoms with Crippen LogP contribution in [0.2, 0.25) is 0 Å². The molecule has 4 nitrogen and oxygen atoms in total. The van der Waals surface area contributed by atoms with Crippen LogP contribution in [-0.4, -0.2) is 21.1 Å². The number of hydrogen-bond acceptors (Lipinski definition) is 3. The number of ketones is 2. The zero-order chi connectivity index (χ0) is 15.5. The van der Waals surface area contributed by atoms with E-state index in [4.69, 9.17) is 0 Å². The van der Waals surface area contributed by atoms with Crippen LogP contribution >= 0.6 is 0 Å². The lowest BCUT2D eigenvalue weighted by Gasteiger charge is -2.08. The molecule has 0 atom stereocenters. The van der Waals surface area contributed by atoms with Crippen molar-refractivity contribution in [1.29, 1.82) is 0 Å². The Bertz CT molecular complexity index is 835. The predicted molar refractivity (Wildman–Crippen MR) is 83.0 cm³/mol. The molecule has 0 bridgehead atoms. The quantitative estimate of drug-likeness (QED) is 0.694. The lowest BCUT2D eigenvalue weighted by molar-refractivity contribution is 0.0999. The normalized spacial score (nSPS) is 10.4. The third-order valence-electron chi connectivity index (χ3n) is 3.50. The van der Waals surface area contributed by atoms with Crippen LogP contribution in [0.3, 0.4) is 0 Å². The Morgan fingerprint density at radius 2 is 1.45 bits per heavy atom. The average Bonchev–Trinajstić information content (AvgIpc) is 3.00. The topological polar surface area (TPSA) is 52.0 Å². The maximum absolute atomic E-state index is 12.7. The first-order valence-corrected chi connectivity index (χ1v) is 6.88. The summed E-state index contributed by atoms with van der Waals surface area (Å²) in [4.78, 5) is 29.3. The number of hydrogen-bond donors (Lipinski definition) is 0. The molecule has 0 aliphatic heterocycles. The standard InChI is InChI=1S/C18H14N2O2/c1-20-12-19-11-16(20)18(22)15-10-6-5-9-14(15)17(21)13-7-3-2-4-8-13/h2-12H,1H3. The van der Waals surface area contributed by atoms with E-state index < -0.39 is 0 Å². The van der Waals surface area contributed by atoms with Gasteiger partial charge in [-0.1, -0.05) is 54.6 Å². The van der Waals surface area contributed by atoms with E-state index in [-0.39, 0.29) is 11.6 Å². The molecule has 0 unspecified atom stereocenters. The van der Waals surface area contributed by atoms with Crippen molar-refractivity contribution in [2.75, 3.05) is 0 Å². The van der Waals surface area contributed by atoms with Gasteiger partial charge in [0.1, 0.15) is 5.69 Å².